The highest BCUT2D eigenvalue weighted by Gasteiger charge is 2.40. The fourth-order valence-electron chi connectivity index (χ4n) is 2.00. The second kappa shape index (κ2) is 5.69. The fourth-order valence-corrected chi connectivity index (χ4v) is 3.78. The highest BCUT2D eigenvalue weighted by molar-refractivity contribution is 7.91. The first-order valence-electron chi connectivity index (χ1n) is 6.11. The smallest absolute Gasteiger partial charge is 0.221 e. The van der Waals surface area contributed by atoms with Gasteiger partial charge in [0.05, 0.1) is 0 Å². The Kier molecular flexibility index (Phi) is 4.77. The third-order valence-corrected chi connectivity index (χ3v) is 5.17. The minimum absolute atomic E-state index is 0.461. The summed E-state index contributed by atoms with van der Waals surface area (Å²) in [6.07, 6.45) is 7.93. The summed E-state index contributed by atoms with van der Waals surface area (Å²) in [5.74, 6) is 0. The van der Waals surface area contributed by atoms with Crippen molar-refractivity contribution in [2.24, 2.45) is 5.73 Å². The first kappa shape index (κ1) is 14.3. The van der Waals surface area contributed by atoms with Crippen molar-refractivity contribution in [1.29, 1.82) is 0 Å². The van der Waals surface area contributed by atoms with Crippen molar-refractivity contribution >= 4 is 10.0 Å². The number of allylic oxidation sites excluding steroid dienone is 2. The minimum atomic E-state index is -3.33. The molecule has 0 radical (unpaired) electrons. The van der Waals surface area contributed by atoms with E-state index >= 15 is 0 Å². The number of nitrogens with one attached hydrogen (secondary N) is 1. The van der Waals surface area contributed by atoms with Crippen LogP contribution in [0.3, 0.4) is 0 Å². The van der Waals surface area contributed by atoms with Gasteiger partial charge in [0, 0.05) is 12.2 Å². The molecule has 1 atom stereocenters. The number of rotatable bonds is 6. The molecule has 1 aliphatic carbocycles. The van der Waals surface area contributed by atoms with Gasteiger partial charge in [-0.1, -0.05) is 32.4 Å². The standard InChI is InChI=1S/C12H22N2O2S/c1-3-7-12(8-5-11(13)6-9-12)17(15,16)14-10-4-2/h5-6,8,14H,3-4,7,9-10,13H2,1-2H3. The Morgan fingerprint density at radius 1 is 1.41 bits per heavy atom. The average Bonchev–Trinajstić information content (AvgIpc) is 2.30. The number of hydrogen-bond donors (Lipinski definition) is 2. The van der Waals surface area contributed by atoms with Crippen molar-refractivity contribution < 1.29 is 8.42 Å². The van der Waals surface area contributed by atoms with Crippen LogP contribution in [0, 0.1) is 0 Å². The average molecular weight is 258 g/mol. The molecule has 0 amide bonds. The molecule has 0 aromatic rings. The van der Waals surface area contributed by atoms with E-state index in [-0.39, 0.29) is 0 Å². The van der Waals surface area contributed by atoms with Gasteiger partial charge in [0.2, 0.25) is 10.0 Å². The van der Waals surface area contributed by atoms with Crippen molar-refractivity contribution in [2.45, 2.75) is 44.3 Å². The molecule has 3 N–H and O–H groups in total. The van der Waals surface area contributed by atoms with E-state index in [4.69, 9.17) is 5.73 Å². The maximum Gasteiger partial charge on any atom is 0.221 e. The highest BCUT2D eigenvalue weighted by Crippen LogP contribution is 2.32. The van der Waals surface area contributed by atoms with Gasteiger partial charge in [0.1, 0.15) is 4.75 Å². The molecule has 0 spiro atoms. The number of nitrogens with two attached hydrogens (primary N) is 1. The topological polar surface area (TPSA) is 72.2 Å². The Balaban J connectivity index is 2.97. The molecular weight excluding hydrogens is 236 g/mol. The van der Waals surface area contributed by atoms with Crippen molar-refractivity contribution in [3.63, 3.8) is 0 Å². The lowest BCUT2D eigenvalue weighted by molar-refractivity contribution is 0.514. The lowest BCUT2D eigenvalue weighted by Crippen LogP contribution is -2.45. The quantitative estimate of drug-likeness (QED) is 0.761. The summed E-state index contributed by atoms with van der Waals surface area (Å²) in [7, 11) is -3.33. The Bertz CT molecular complexity index is 412. The monoisotopic (exact) mass is 258 g/mol. The minimum Gasteiger partial charge on any atom is -0.399 e. The molecule has 0 fully saturated rings. The first-order valence-corrected chi connectivity index (χ1v) is 7.60. The zero-order valence-corrected chi connectivity index (χ0v) is 11.4. The van der Waals surface area contributed by atoms with Crippen LogP contribution in [0.4, 0.5) is 0 Å². The molecule has 4 nitrogen and oxygen atoms in total. The van der Waals surface area contributed by atoms with Crippen molar-refractivity contribution in [1.82, 2.24) is 4.72 Å². The van der Waals surface area contributed by atoms with E-state index in [9.17, 15) is 8.42 Å². The van der Waals surface area contributed by atoms with Crippen LogP contribution < -0.4 is 10.5 Å². The van der Waals surface area contributed by atoms with Gasteiger partial charge >= 0.3 is 0 Å². The summed E-state index contributed by atoms with van der Waals surface area (Å²) in [5.41, 5.74) is 6.30. The maximum absolute atomic E-state index is 12.3. The molecule has 0 saturated carbocycles. The zero-order valence-electron chi connectivity index (χ0n) is 10.6. The van der Waals surface area contributed by atoms with Crippen molar-refractivity contribution in [3.05, 3.63) is 23.9 Å². The lowest BCUT2D eigenvalue weighted by Gasteiger charge is -2.31. The van der Waals surface area contributed by atoms with Gasteiger partial charge in [-0.15, -0.1) is 0 Å². The van der Waals surface area contributed by atoms with Gasteiger partial charge in [-0.2, -0.15) is 0 Å². The van der Waals surface area contributed by atoms with Gasteiger partial charge in [0.25, 0.3) is 0 Å². The lowest BCUT2D eigenvalue weighted by atomic mass is 9.94. The number of sulfonamides is 1. The van der Waals surface area contributed by atoms with Gasteiger partial charge in [-0.25, -0.2) is 13.1 Å². The number of hydrogen-bond acceptors (Lipinski definition) is 3. The third kappa shape index (κ3) is 3.10. The molecule has 17 heavy (non-hydrogen) atoms. The van der Waals surface area contributed by atoms with Crippen LogP contribution >= 0.6 is 0 Å². The zero-order chi connectivity index (χ0) is 12.9. The summed E-state index contributed by atoms with van der Waals surface area (Å²) in [6, 6.07) is 0. The van der Waals surface area contributed by atoms with E-state index in [1.165, 1.54) is 0 Å². The van der Waals surface area contributed by atoms with Gasteiger partial charge in [-0.05, 0) is 25.3 Å². The van der Waals surface area contributed by atoms with Crippen LogP contribution in [-0.2, 0) is 10.0 Å². The molecule has 0 bridgehead atoms. The first-order chi connectivity index (χ1) is 7.97. The SMILES string of the molecule is CCCNS(=O)(=O)C1(CCC)C=CC(N)=CC1. The molecule has 1 rings (SSSR count). The Morgan fingerprint density at radius 3 is 2.59 bits per heavy atom. The molecule has 0 saturated heterocycles. The van der Waals surface area contributed by atoms with Gasteiger partial charge in [-0.3, -0.25) is 0 Å². The van der Waals surface area contributed by atoms with E-state index in [2.05, 4.69) is 4.72 Å². The predicted octanol–water partition coefficient (Wildman–Crippen LogP) is 1.66. The van der Waals surface area contributed by atoms with Crippen LogP contribution in [-0.4, -0.2) is 19.7 Å². The summed E-state index contributed by atoms with van der Waals surface area (Å²) in [4.78, 5) is 0. The normalized spacial score (nSPS) is 24.7. The maximum atomic E-state index is 12.3. The summed E-state index contributed by atoms with van der Waals surface area (Å²) < 4.78 is 26.5. The molecular formula is C12H22N2O2S. The third-order valence-electron chi connectivity index (χ3n) is 3.01. The molecule has 0 aromatic heterocycles. The Labute approximate surface area is 104 Å². The largest absolute Gasteiger partial charge is 0.399 e. The van der Waals surface area contributed by atoms with Crippen LogP contribution in [0.15, 0.2) is 23.9 Å². The Hall–Kier alpha value is -0.810. The van der Waals surface area contributed by atoms with Crippen LogP contribution in [0.2, 0.25) is 0 Å². The molecule has 0 aliphatic heterocycles. The summed E-state index contributed by atoms with van der Waals surface area (Å²) >= 11 is 0. The van der Waals surface area contributed by atoms with Crippen LogP contribution in [0.1, 0.15) is 39.5 Å². The molecule has 0 aromatic carbocycles. The van der Waals surface area contributed by atoms with E-state index < -0.39 is 14.8 Å². The molecule has 1 aliphatic rings. The summed E-state index contributed by atoms with van der Waals surface area (Å²) in [6.45, 7) is 4.43. The van der Waals surface area contributed by atoms with Crippen molar-refractivity contribution in [3.8, 4) is 0 Å². The van der Waals surface area contributed by atoms with E-state index in [0.29, 0.717) is 25.1 Å². The van der Waals surface area contributed by atoms with E-state index in [1.54, 1.807) is 18.2 Å². The van der Waals surface area contributed by atoms with Crippen molar-refractivity contribution in [2.75, 3.05) is 6.54 Å². The predicted molar refractivity (Wildman–Crippen MR) is 70.9 cm³/mol. The van der Waals surface area contributed by atoms with Gasteiger partial charge in [0.15, 0.2) is 0 Å². The molecule has 98 valence electrons. The van der Waals surface area contributed by atoms with Gasteiger partial charge < -0.3 is 5.73 Å². The second-order valence-electron chi connectivity index (χ2n) is 4.45. The van der Waals surface area contributed by atoms with Crippen LogP contribution in [0.5, 0.6) is 0 Å². The van der Waals surface area contributed by atoms with E-state index in [0.717, 1.165) is 12.8 Å². The second-order valence-corrected chi connectivity index (χ2v) is 6.56. The van der Waals surface area contributed by atoms with Crippen LogP contribution in [0.25, 0.3) is 0 Å². The fraction of sp³-hybridized carbons (Fsp3) is 0.667. The Morgan fingerprint density at radius 2 is 2.12 bits per heavy atom. The molecule has 1 unspecified atom stereocenters. The molecule has 5 heteroatoms. The molecule has 0 heterocycles. The highest BCUT2D eigenvalue weighted by atomic mass is 32.2. The summed E-state index contributed by atoms with van der Waals surface area (Å²) in [5, 5.41) is 0. The van der Waals surface area contributed by atoms with E-state index in [1.807, 2.05) is 13.8 Å².